The Labute approximate surface area is 165 Å². The van der Waals surface area contributed by atoms with E-state index < -0.39 is 0 Å². The number of nitrogens with zero attached hydrogens (tertiary/aromatic N) is 6. The van der Waals surface area contributed by atoms with Gasteiger partial charge in [-0.05, 0) is 31.0 Å². The Bertz CT molecular complexity index is 976. The monoisotopic (exact) mass is 377 g/mol. The molecule has 7 nitrogen and oxygen atoms in total. The van der Waals surface area contributed by atoms with Crippen LogP contribution in [0.3, 0.4) is 0 Å². The highest BCUT2D eigenvalue weighted by Crippen LogP contribution is 2.40. The van der Waals surface area contributed by atoms with Crippen molar-refractivity contribution in [1.29, 1.82) is 0 Å². The summed E-state index contributed by atoms with van der Waals surface area (Å²) in [7, 11) is 0. The third-order valence-corrected chi connectivity index (χ3v) is 5.66. The predicted octanol–water partition coefficient (Wildman–Crippen LogP) is 3.24. The zero-order valence-electron chi connectivity index (χ0n) is 16.8. The molecule has 0 bridgehead atoms. The average molecular weight is 377 g/mol. The second-order valence-electron chi connectivity index (χ2n) is 9.13. The number of anilines is 2. The minimum Gasteiger partial charge on any atom is -0.368 e. The lowest BCUT2D eigenvalue weighted by Crippen LogP contribution is -2.50. The molecule has 5 rings (SSSR count). The Morgan fingerprint density at radius 1 is 1.14 bits per heavy atom. The average Bonchev–Trinajstić information content (AvgIpc) is 3.39. The molecule has 0 atom stereocenters. The molecule has 0 unspecified atom stereocenters. The van der Waals surface area contributed by atoms with Gasteiger partial charge >= 0.3 is 0 Å². The molecule has 2 aliphatic rings. The first-order valence-corrected chi connectivity index (χ1v) is 10.1. The zero-order valence-corrected chi connectivity index (χ0v) is 16.8. The lowest BCUT2D eigenvalue weighted by Gasteiger charge is -2.40. The Kier molecular flexibility index (Phi) is 4.00. The Morgan fingerprint density at radius 2 is 1.96 bits per heavy atom. The van der Waals surface area contributed by atoms with Crippen LogP contribution < -0.4 is 10.2 Å². The molecule has 3 aromatic heterocycles. The third-order valence-electron chi connectivity index (χ3n) is 5.66. The van der Waals surface area contributed by atoms with Crippen LogP contribution in [-0.2, 0) is 5.41 Å². The summed E-state index contributed by atoms with van der Waals surface area (Å²) in [5.41, 5.74) is 3.33. The summed E-state index contributed by atoms with van der Waals surface area (Å²) in [5.74, 6) is 3.12. The molecular formula is C21H27N7. The molecule has 1 N–H and O–H groups in total. The normalized spacial score (nSPS) is 17.8. The van der Waals surface area contributed by atoms with Crippen molar-refractivity contribution in [2.75, 3.05) is 29.9 Å². The van der Waals surface area contributed by atoms with Gasteiger partial charge in [-0.2, -0.15) is 10.2 Å². The van der Waals surface area contributed by atoms with Crippen molar-refractivity contribution in [2.45, 2.75) is 44.9 Å². The summed E-state index contributed by atoms with van der Waals surface area (Å²) in [6.45, 7) is 9.36. The molecule has 1 aliphatic carbocycles. The standard InChI is InChI=1S/C21H27N7/c1-21(2,3)18-6-7-19(25-24-18)27-12-14(13-27)11-23-20-17-10-16(15-4-5-15)26-28(17)9-8-22-20/h6-10,14-15H,4-5,11-13H2,1-3H3,(H,22,23). The third kappa shape index (κ3) is 3.30. The number of rotatable bonds is 5. The van der Waals surface area contributed by atoms with Gasteiger partial charge in [-0.15, -0.1) is 5.10 Å². The van der Waals surface area contributed by atoms with E-state index in [2.05, 4.69) is 69.5 Å². The van der Waals surface area contributed by atoms with Crippen LogP contribution in [-0.4, -0.2) is 44.4 Å². The molecule has 2 fully saturated rings. The number of hydrogen-bond acceptors (Lipinski definition) is 6. The van der Waals surface area contributed by atoms with E-state index in [1.807, 2.05) is 16.9 Å². The van der Waals surface area contributed by atoms with E-state index in [4.69, 9.17) is 0 Å². The summed E-state index contributed by atoms with van der Waals surface area (Å²) in [4.78, 5) is 6.81. The van der Waals surface area contributed by atoms with Crippen LogP contribution in [0.5, 0.6) is 0 Å². The van der Waals surface area contributed by atoms with E-state index in [0.717, 1.165) is 42.5 Å². The van der Waals surface area contributed by atoms with Gasteiger partial charge in [0.2, 0.25) is 0 Å². The van der Waals surface area contributed by atoms with Gasteiger partial charge in [-0.1, -0.05) is 20.8 Å². The molecule has 1 aliphatic heterocycles. The minimum absolute atomic E-state index is 0.0357. The van der Waals surface area contributed by atoms with Crippen molar-refractivity contribution >= 4 is 17.2 Å². The van der Waals surface area contributed by atoms with Crippen LogP contribution in [0, 0.1) is 5.92 Å². The summed E-state index contributed by atoms with van der Waals surface area (Å²) >= 11 is 0. The fourth-order valence-electron chi connectivity index (χ4n) is 3.68. The number of aromatic nitrogens is 5. The van der Waals surface area contributed by atoms with Crippen molar-refractivity contribution < 1.29 is 0 Å². The molecular weight excluding hydrogens is 350 g/mol. The quantitative estimate of drug-likeness (QED) is 0.736. The molecule has 0 spiro atoms. The van der Waals surface area contributed by atoms with E-state index in [9.17, 15) is 0 Å². The fraction of sp³-hybridized carbons (Fsp3) is 0.524. The predicted molar refractivity (Wildman–Crippen MR) is 110 cm³/mol. The molecule has 3 aromatic rings. The van der Waals surface area contributed by atoms with Crippen LogP contribution in [0.2, 0.25) is 0 Å². The second-order valence-corrected chi connectivity index (χ2v) is 9.13. The van der Waals surface area contributed by atoms with Crippen LogP contribution in [0.25, 0.3) is 5.52 Å². The van der Waals surface area contributed by atoms with Crippen LogP contribution in [0.1, 0.15) is 50.9 Å². The molecule has 0 radical (unpaired) electrons. The number of nitrogens with one attached hydrogen (secondary N) is 1. The SMILES string of the molecule is CC(C)(C)c1ccc(N2CC(CNc3nccn4nc(C5CC5)cc34)C2)nn1. The maximum absolute atomic E-state index is 4.69. The number of hydrogen-bond donors (Lipinski definition) is 1. The van der Waals surface area contributed by atoms with Gasteiger partial charge in [-0.25, -0.2) is 9.50 Å². The summed E-state index contributed by atoms with van der Waals surface area (Å²) in [6, 6.07) is 6.37. The van der Waals surface area contributed by atoms with Crippen molar-refractivity contribution in [1.82, 2.24) is 24.8 Å². The summed E-state index contributed by atoms with van der Waals surface area (Å²) < 4.78 is 1.95. The lowest BCUT2D eigenvalue weighted by molar-refractivity contribution is 0.424. The molecule has 7 heteroatoms. The van der Waals surface area contributed by atoms with Gasteiger partial charge in [0.15, 0.2) is 11.6 Å². The molecule has 1 saturated carbocycles. The largest absolute Gasteiger partial charge is 0.368 e. The summed E-state index contributed by atoms with van der Waals surface area (Å²) in [5, 5.41) is 17.0. The first-order chi connectivity index (χ1) is 13.5. The maximum atomic E-state index is 4.69. The van der Waals surface area contributed by atoms with Crippen molar-refractivity contribution in [3.05, 3.63) is 42.0 Å². The van der Waals surface area contributed by atoms with E-state index in [0.29, 0.717) is 11.8 Å². The van der Waals surface area contributed by atoms with E-state index in [1.54, 1.807) is 0 Å². The van der Waals surface area contributed by atoms with Crippen LogP contribution in [0.15, 0.2) is 30.6 Å². The van der Waals surface area contributed by atoms with Crippen LogP contribution in [0.4, 0.5) is 11.6 Å². The Hall–Kier alpha value is -2.70. The topological polar surface area (TPSA) is 71.2 Å². The van der Waals surface area contributed by atoms with Gasteiger partial charge in [0.25, 0.3) is 0 Å². The maximum Gasteiger partial charge on any atom is 0.152 e. The molecule has 28 heavy (non-hydrogen) atoms. The van der Waals surface area contributed by atoms with Crippen molar-refractivity contribution in [3.63, 3.8) is 0 Å². The molecule has 4 heterocycles. The molecule has 0 aromatic carbocycles. The highest BCUT2D eigenvalue weighted by atomic mass is 15.3. The van der Waals surface area contributed by atoms with Gasteiger partial charge in [0.1, 0.15) is 5.52 Å². The van der Waals surface area contributed by atoms with Gasteiger partial charge in [-0.3, -0.25) is 0 Å². The highest BCUT2D eigenvalue weighted by molar-refractivity contribution is 5.68. The molecule has 1 saturated heterocycles. The lowest BCUT2D eigenvalue weighted by atomic mass is 9.92. The first kappa shape index (κ1) is 17.4. The highest BCUT2D eigenvalue weighted by Gasteiger charge is 2.29. The summed E-state index contributed by atoms with van der Waals surface area (Å²) in [6.07, 6.45) is 6.27. The van der Waals surface area contributed by atoms with E-state index in [1.165, 1.54) is 18.5 Å². The smallest absolute Gasteiger partial charge is 0.152 e. The minimum atomic E-state index is 0.0357. The van der Waals surface area contributed by atoms with Crippen molar-refractivity contribution in [2.24, 2.45) is 5.92 Å². The zero-order chi connectivity index (χ0) is 19.3. The van der Waals surface area contributed by atoms with Crippen LogP contribution >= 0.6 is 0 Å². The van der Waals surface area contributed by atoms with Gasteiger partial charge < -0.3 is 10.2 Å². The molecule has 146 valence electrons. The fourth-order valence-corrected chi connectivity index (χ4v) is 3.68. The second kappa shape index (κ2) is 6.43. The number of fused-ring (bicyclic) bond motifs is 1. The Morgan fingerprint density at radius 3 is 2.64 bits per heavy atom. The Balaban J connectivity index is 1.19. The van der Waals surface area contributed by atoms with Gasteiger partial charge in [0, 0.05) is 49.3 Å². The first-order valence-electron chi connectivity index (χ1n) is 10.1. The van der Waals surface area contributed by atoms with Crippen molar-refractivity contribution in [3.8, 4) is 0 Å². The molecule has 0 amide bonds. The van der Waals surface area contributed by atoms with E-state index >= 15 is 0 Å². The van der Waals surface area contributed by atoms with Gasteiger partial charge in [0.05, 0.1) is 11.4 Å². The van der Waals surface area contributed by atoms with E-state index in [-0.39, 0.29) is 5.41 Å².